The van der Waals surface area contributed by atoms with Crippen LogP contribution in [0.5, 0.6) is 0 Å². The maximum absolute atomic E-state index is 11.4. The van der Waals surface area contributed by atoms with Crippen molar-refractivity contribution in [1.29, 1.82) is 0 Å². The Bertz CT molecular complexity index is 652. The molecule has 0 saturated carbocycles. The number of alkyl carbamates (subject to hydrolysis) is 1. The lowest BCUT2D eigenvalue weighted by Crippen LogP contribution is -2.49. The van der Waals surface area contributed by atoms with Gasteiger partial charge in [0.25, 0.3) is 0 Å². The van der Waals surface area contributed by atoms with Crippen LogP contribution in [-0.2, 0) is 25.6 Å². The molecular formula is C22H31NO5. The fraction of sp³-hybridized carbons (Fsp3) is 0.591. The van der Waals surface area contributed by atoms with E-state index in [0.29, 0.717) is 31.7 Å². The Morgan fingerprint density at radius 3 is 2.57 bits per heavy atom. The van der Waals surface area contributed by atoms with Gasteiger partial charge < -0.3 is 24.3 Å². The van der Waals surface area contributed by atoms with Gasteiger partial charge in [-0.3, -0.25) is 0 Å². The Morgan fingerprint density at radius 1 is 1.11 bits per heavy atom. The molecule has 2 heterocycles. The van der Waals surface area contributed by atoms with Crippen molar-refractivity contribution in [3.8, 4) is 0 Å². The fourth-order valence-electron chi connectivity index (χ4n) is 3.76. The van der Waals surface area contributed by atoms with Gasteiger partial charge in [-0.05, 0) is 23.5 Å². The summed E-state index contributed by atoms with van der Waals surface area (Å²) in [5.41, 5.74) is 1.15. The van der Waals surface area contributed by atoms with Gasteiger partial charge in [-0.15, -0.1) is 0 Å². The van der Waals surface area contributed by atoms with Gasteiger partial charge >= 0.3 is 6.09 Å². The summed E-state index contributed by atoms with van der Waals surface area (Å²) in [6, 6.07) is 9.87. The molecule has 154 valence electrons. The van der Waals surface area contributed by atoms with Crippen LogP contribution >= 0.6 is 0 Å². The highest BCUT2D eigenvalue weighted by Crippen LogP contribution is 2.36. The van der Waals surface area contributed by atoms with E-state index < -0.39 is 6.09 Å². The van der Waals surface area contributed by atoms with Crippen molar-refractivity contribution in [1.82, 2.24) is 5.32 Å². The maximum Gasteiger partial charge on any atom is 0.408 e. The molecule has 2 fully saturated rings. The van der Waals surface area contributed by atoms with Crippen LogP contribution in [0.1, 0.15) is 26.3 Å². The molecule has 2 aliphatic rings. The lowest BCUT2D eigenvalue weighted by molar-refractivity contribution is -0.259. The summed E-state index contributed by atoms with van der Waals surface area (Å²) in [6.45, 7) is 11.7. The smallest absolute Gasteiger partial charge is 0.408 e. The minimum absolute atomic E-state index is 0.0375. The highest BCUT2D eigenvalue weighted by molar-refractivity contribution is 5.70. The molecular weight excluding hydrogens is 358 g/mol. The quantitative estimate of drug-likeness (QED) is 0.689. The van der Waals surface area contributed by atoms with Gasteiger partial charge in [0, 0.05) is 5.92 Å². The standard InChI is InChI=1S/C22H31NO5/c1-5-19-18(23-22(24)28-19)12-26-21-16(4)14(2)15(3)20(27-21)13-25-11-17-9-7-6-8-10-17/h5-10,14-16,18-21H,1,11-13H2,2-4H3,(H,23,24)/t14-,15+,16?,18-,19-,20?,21+/m0/s1. The van der Waals surface area contributed by atoms with E-state index in [-0.39, 0.29) is 30.5 Å². The number of carbonyl (C=O) groups is 1. The molecule has 0 radical (unpaired) electrons. The van der Waals surface area contributed by atoms with Crippen LogP contribution in [0.3, 0.4) is 0 Å². The maximum atomic E-state index is 11.4. The molecule has 1 aromatic rings. The molecule has 0 spiro atoms. The number of nitrogens with one attached hydrogen (secondary N) is 1. The minimum atomic E-state index is -0.440. The number of rotatable bonds is 8. The summed E-state index contributed by atoms with van der Waals surface area (Å²) in [6.07, 6.45) is 0.407. The molecule has 2 unspecified atom stereocenters. The van der Waals surface area contributed by atoms with Gasteiger partial charge in [0.15, 0.2) is 6.29 Å². The van der Waals surface area contributed by atoms with Crippen molar-refractivity contribution in [2.75, 3.05) is 13.2 Å². The van der Waals surface area contributed by atoms with Gasteiger partial charge in [-0.25, -0.2) is 4.79 Å². The molecule has 7 atom stereocenters. The molecule has 0 aliphatic carbocycles. The first-order valence-electron chi connectivity index (χ1n) is 9.98. The van der Waals surface area contributed by atoms with Crippen LogP contribution in [0, 0.1) is 17.8 Å². The van der Waals surface area contributed by atoms with E-state index in [9.17, 15) is 4.79 Å². The summed E-state index contributed by atoms with van der Waals surface area (Å²) in [7, 11) is 0. The molecule has 28 heavy (non-hydrogen) atoms. The molecule has 1 aromatic carbocycles. The molecule has 0 bridgehead atoms. The summed E-state index contributed by atoms with van der Waals surface area (Å²) in [4.78, 5) is 11.4. The van der Waals surface area contributed by atoms with Crippen LogP contribution in [-0.4, -0.2) is 43.8 Å². The number of cyclic esters (lactones) is 1. The van der Waals surface area contributed by atoms with Gasteiger partial charge in [0.2, 0.25) is 0 Å². The van der Waals surface area contributed by atoms with Crippen LogP contribution in [0.2, 0.25) is 0 Å². The summed E-state index contributed by atoms with van der Waals surface area (Å²) in [5.74, 6) is 1.02. The zero-order valence-electron chi connectivity index (χ0n) is 16.9. The van der Waals surface area contributed by atoms with Crippen LogP contribution in [0.15, 0.2) is 43.0 Å². The number of carbonyl (C=O) groups excluding carboxylic acids is 1. The summed E-state index contributed by atoms with van der Waals surface area (Å²) in [5, 5.41) is 2.76. The van der Waals surface area contributed by atoms with E-state index in [1.165, 1.54) is 0 Å². The second-order valence-corrected chi connectivity index (χ2v) is 7.81. The van der Waals surface area contributed by atoms with Gasteiger partial charge in [0.05, 0.1) is 32.0 Å². The highest BCUT2D eigenvalue weighted by atomic mass is 16.7. The SMILES string of the molecule is C=C[C@@H]1OC(=O)N[C@H]1CO[C@@H]1OC(COCc2ccccc2)[C@H](C)[C@H](C)C1C. The minimum Gasteiger partial charge on any atom is -0.440 e. The number of hydrogen-bond acceptors (Lipinski definition) is 5. The second kappa shape index (κ2) is 9.54. The third kappa shape index (κ3) is 4.93. The van der Waals surface area contributed by atoms with Crippen LogP contribution in [0.4, 0.5) is 4.79 Å². The molecule has 3 rings (SSSR count). The molecule has 1 amide bonds. The summed E-state index contributed by atoms with van der Waals surface area (Å²) < 4.78 is 23.4. The topological polar surface area (TPSA) is 66.0 Å². The van der Waals surface area contributed by atoms with Crippen molar-refractivity contribution in [2.24, 2.45) is 17.8 Å². The first-order valence-corrected chi connectivity index (χ1v) is 9.98. The average Bonchev–Trinajstić information content (AvgIpc) is 3.07. The van der Waals surface area contributed by atoms with Gasteiger partial charge in [-0.1, -0.05) is 57.7 Å². The van der Waals surface area contributed by atoms with Crippen molar-refractivity contribution in [3.05, 3.63) is 48.6 Å². The first-order chi connectivity index (χ1) is 13.5. The monoisotopic (exact) mass is 389 g/mol. The molecule has 0 aromatic heterocycles. The van der Waals surface area contributed by atoms with Crippen molar-refractivity contribution >= 4 is 6.09 Å². The van der Waals surface area contributed by atoms with E-state index in [4.69, 9.17) is 18.9 Å². The zero-order chi connectivity index (χ0) is 20.1. The fourth-order valence-corrected chi connectivity index (χ4v) is 3.76. The number of amides is 1. The third-order valence-corrected chi connectivity index (χ3v) is 5.99. The van der Waals surface area contributed by atoms with Crippen molar-refractivity contribution < 1.29 is 23.7 Å². The lowest BCUT2D eigenvalue weighted by atomic mass is 9.79. The van der Waals surface area contributed by atoms with Crippen molar-refractivity contribution in [3.63, 3.8) is 0 Å². The first kappa shape index (κ1) is 20.8. The number of hydrogen-bond donors (Lipinski definition) is 1. The second-order valence-electron chi connectivity index (χ2n) is 7.81. The van der Waals surface area contributed by atoms with Crippen molar-refractivity contribution in [2.45, 2.75) is 51.9 Å². The normalized spacial score (nSPS) is 35.2. The molecule has 1 N–H and O–H groups in total. The molecule has 2 saturated heterocycles. The van der Waals surface area contributed by atoms with E-state index >= 15 is 0 Å². The summed E-state index contributed by atoms with van der Waals surface area (Å²) >= 11 is 0. The predicted octanol–water partition coefficient (Wildman–Crippen LogP) is 3.52. The molecule has 2 aliphatic heterocycles. The van der Waals surface area contributed by atoms with E-state index in [1.54, 1.807) is 6.08 Å². The Hall–Kier alpha value is -1.89. The van der Waals surface area contributed by atoms with Crippen LogP contribution in [0.25, 0.3) is 0 Å². The lowest BCUT2D eigenvalue weighted by Gasteiger charge is -2.43. The Kier molecular flexibility index (Phi) is 7.10. The highest BCUT2D eigenvalue weighted by Gasteiger charge is 2.41. The van der Waals surface area contributed by atoms with Crippen LogP contribution < -0.4 is 5.32 Å². The van der Waals surface area contributed by atoms with E-state index in [1.807, 2.05) is 18.2 Å². The van der Waals surface area contributed by atoms with E-state index in [0.717, 1.165) is 5.56 Å². The Morgan fingerprint density at radius 2 is 1.86 bits per heavy atom. The third-order valence-electron chi connectivity index (χ3n) is 5.99. The Labute approximate surface area is 167 Å². The Balaban J connectivity index is 1.52. The van der Waals surface area contributed by atoms with Gasteiger partial charge in [0.1, 0.15) is 6.10 Å². The number of ether oxygens (including phenoxy) is 4. The van der Waals surface area contributed by atoms with E-state index in [2.05, 4.69) is 44.8 Å². The molecule has 6 heteroatoms. The zero-order valence-corrected chi connectivity index (χ0v) is 16.9. The molecule has 6 nitrogen and oxygen atoms in total. The average molecular weight is 389 g/mol. The largest absolute Gasteiger partial charge is 0.440 e. The number of benzene rings is 1. The van der Waals surface area contributed by atoms with Gasteiger partial charge in [-0.2, -0.15) is 0 Å². The predicted molar refractivity (Wildman–Crippen MR) is 106 cm³/mol.